The molecule has 0 aliphatic rings. The second-order valence-corrected chi connectivity index (χ2v) is 23.8. The topological polar surface area (TPSA) is 78.9 Å². The van der Waals surface area contributed by atoms with Crippen molar-refractivity contribution in [3.63, 3.8) is 0 Å². The van der Waals surface area contributed by atoms with E-state index in [9.17, 15) is 14.4 Å². The third-order valence-electron chi connectivity index (χ3n) is 15.7. The zero-order valence-electron chi connectivity index (χ0n) is 54.1. The van der Waals surface area contributed by atoms with Crippen molar-refractivity contribution in [3.8, 4) is 0 Å². The number of carbonyl (C=O) groups excluding carboxylic acids is 3. The Balaban J connectivity index is 4.03. The lowest BCUT2D eigenvalue weighted by atomic mass is 10.0. The molecule has 0 amide bonds. The van der Waals surface area contributed by atoms with Crippen LogP contribution in [-0.4, -0.2) is 37.2 Å². The van der Waals surface area contributed by atoms with Crippen molar-refractivity contribution in [2.24, 2.45) is 0 Å². The van der Waals surface area contributed by atoms with Crippen molar-refractivity contribution in [3.05, 3.63) is 72.9 Å². The summed E-state index contributed by atoms with van der Waals surface area (Å²) in [6.45, 7) is 6.52. The number of hydrogen-bond donors (Lipinski definition) is 0. The monoisotopic (exact) mass is 1130 g/mol. The molecule has 0 saturated heterocycles. The minimum Gasteiger partial charge on any atom is -0.462 e. The van der Waals surface area contributed by atoms with Gasteiger partial charge in [0.1, 0.15) is 13.2 Å². The first-order valence-electron chi connectivity index (χ1n) is 35.4. The van der Waals surface area contributed by atoms with Crippen molar-refractivity contribution >= 4 is 17.9 Å². The average Bonchev–Trinajstić information content (AvgIpc) is 3.46. The molecule has 81 heavy (non-hydrogen) atoms. The van der Waals surface area contributed by atoms with Gasteiger partial charge in [-0.1, -0.05) is 331 Å². The van der Waals surface area contributed by atoms with Gasteiger partial charge in [-0.25, -0.2) is 0 Å². The van der Waals surface area contributed by atoms with E-state index >= 15 is 0 Å². The molecule has 0 bridgehead atoms. The second-order valence-electron chi connectivity index (χ2n) is 23.8. The van der Waals surface area contributed by atoms with E-state index in [1.807, 2.05) is 0 Å². The van der Waals surface area contributed by atoms with Crippen LogP contribution in [0, 0.1) is 0 Å². The predicted octanol–water partition coefficient (Wildman–Crippen LogP) is 24.4. The van der Waals surface area contributed by atoms with Crippen LogP contribution in [0.15, 0.2) is 72.9 Å². The minimum absolute atomic E-state index is 0.0713. The fraction of sp³-hybridized carbons (Fsp3) is 0.800. The fourth-order valence-electron chi connectivity index (χ4n) is 10.4. The minimum atomic E-state index is -0.773. The molecule has 0 aromatic rings. The Kier molecular flexibility index (Phi) is 66.6. The first kappa shape index (κ1) is 77.9. The number of hydrogen-bond acceptors (Lipinski definition) is 6. The summed E-state index contributed by atoms with van der Waals surface area (Å²) in [5.41, 5.74) is 0. The number of unbranched alkanes of at least 4 members (excludes halogenated alkanes) is 42. The van der Waals surface area contributed by atoms with Gasteiger partial charge in [0.25, 0.3) is 0 Å². The van der Waals surface area contributed by atoms with Crippen molar-refractivity contribution < 1.29 is 28.6 Å². The molecule has 0 aromatic carbocycles. The Labute approximate surface area is 503 Å². The van der Waals surface area contributed by atoms with Crippen LogP contribution in [0.4, 0.5) is 0 Å². The Morgan fingerprint density at radius 2 is 0.481 bits per heavy atom. The molecule has 0 spiro atoms. The molecule has 0 aromatic heterocycles. The van der Waals surface area contributed by atoms with Gasteiger partial charge in [0.15, 0.2) is 6.10 Å². The molecule has 0 radical (unpaired) electrons. The summed E-state index contributed by atoms with van der Waals surface area (Å²) in [4.78, 5) is 38.2. The Hall–Kier alpha value is -3.15. The molecule has 0 fully saturated rings. The highest BCUT2D eigenvalue weighted by atomic mass is 16.6. The van der Waals surface area contributed by atoms with Crippen molar-refractivity contribution in [1.29, 1.82) is 0 Å². The Bertz CT molecular complexity index is 1490. The summed E-state index contributed by atoms with van der Waals surface area (Å²) in [7, 11) is 0. The molecule has 6 nitrogen and oxygen atoms in total. The lowest BCUT2D eigenvalue weighted by Crippen LogP contribution is -2.30. The highest BCUT2D eigenvalue weighted by molar-refractivity contribution is 5.71. The Morgan fingerprint density at radius 3 is 0.753 bits per heavy atom. The molecule has 1 unspecified atom stereocenters. The standard InChI is InChI=1S/C75H134O6/c1-4-7-10-13-16-18-20-22-24-26-28-30-32-34-35-36-37-38-39-41-42-44-46-48-50-52-54-56-59-62-65-68-74(77)80-71-72(70-79-73(76)67-64-61-58-15-12-9-6-3)81-75(78)69-66-63-60-57-55-53-51-49-47-45-43-40-33-31-29-27-25-23-21-19-17-14-11-8-5-2/h8,11,17,19-20,22-23,25-26,28-29,31,72H,4-7,9-10,12-16,18,21,24,27,30,32-71H2,1-3H3/b11-8-,19-17-,22-20-,25-23-,28-26-,31-29-. The van der Waals surface area contributed by atoms with Crippen LogP contribution >= 0.6 is 0 Å². The quantitative estimate of drug-likeness (QED) is 0.0261. The SMILES string of the molecule is CC/C=C\C/C=C\C/C=C\C/C=C\CCCCCCCCCCCCCCC(=O)OC(COC(=O)CCCCCCCCC)COC(=O)CCCCCCCCCCCCCCCCCCCCC/C=C\C/C=C\CCCCCCC. The summed E-state index contributed by atoms with van der Waals surface area (Å²) < 4.78 is 16.9. The van der Waals surface area contributed by atoms with E-state index in [2.05, 4.69) is 93.7 Å². The van der Waals surface area contributed by atoms with Crippen LogP contribution < -0.4 is 0 Å². The second kappa shape index (κ2) is 69.3. The van der Waals surface area contributed by atoms with Crippen LogP contribution in [-0.2, 0) is 28.6 Å². The van der Waals surface area contributed by atoms with E-state index in [0.29, 0.717) is 19.3 Å². The highest BCUT2D eigenvalue weighted by Gasteiger charge is 2.19. The third kappa shape index (κ3) is 67.5. The molecule has 0 aliphatic heterocycles. The number of carbonyl (C=O) groups is 3. The van der Waals surface area contributed by atoms with Crippen LogP contribution in [0.3, 0.4) is 0 Å². The maximum Gasteiger partial charge on any atom is 0.306 e. The zero-order chi connectivity index (χ0) is 58.5. The van der Waals surface area contributed by atoms with Gasteiger partial charge < -0.3 is 14.2 Å². The summed E-state index contributed by atoms with van der Waals surface area (Å²) in [5, 5.41) is 0. The van der Waals surface area contributed by atoms with Gasteiger partial charge in [0.2, 0.25) is 0 Å². The number of ether oxygens (including phenoxy) is 3. The lowest BCUT2D eigenvalue weighted by molar-refractivity contribution is -0.167. The van der Waals surface area contributed by atoms with Crippen molar-refractivity contribution in [2.75, 3.05) is 13.2 Å². The zero-order valence-corrected chi connectivity index (χ0v) is 54.1. The van der Waals surface area contributed by atoms with E-state index in [0.717, 1.165) is 89.9 Å². The fourth-order valence-corrected chi connectivity index (χ4v) is 10.4. The van der Waals surface area contributed by atoms with Gasteiger partial charge in [-0.05, 0) is 89.9 Å². The van der Waals surface area contributed by atoms with Crippen molar-refractivity contribution in [2.45, 2.75) is 374 Å². The normalized spacial score (nSPS) is 12.5. The summed E-state index contributed by atoms with van der Waals surface area (Å²) in [6.07, 6.45) is 91.1. The van der Waals surface area contributed by atoms with Crippen LogP contribution in [0.5, 0.6) is 0 Å². The van der Waals surface area contributed by atoms with Crippen LogP contribution in [0.25, 0.3) is 0 Å². The predicted molar refractivity (Wildman–Crippen MR) is 353 cm³/mol. The number of rotatable bonds is 65. The Morgan fingerprint density at radius 1 is 0.259 bits per heavy atom. The summed E-state index contributed by atoms with van der Waals surface area (Å²) in [5.74, 6) is -0.860. The summed E-state index contributed by atoms with van der Waals surface area (Å²) >= 11 is 0. The van der Waals surface area contributed by atoms with Crippen molar-refractivity contribution in [1.82, 2.24) is 0 Å². The summed E-state index contributed by atoms with van der Waals surface area (Å²) in [6, 6.07) is 0. The van der Waals surface area contributed by atoms with Gasteiger partial charge in [0.05, 0.1) is 0 Å². The molecule has 6 heteroatoms. The van der Waals surface area contributed by atoms with E-state index in [-0.39, 0.29) is 31.1 Å². The third-order valence-corrected chi connectivity index (χ3v) is 15.7. The molecule has 1 atom stereocenters. The maximum absolute atomic E-state index is 12.9. The smallest absolute Gasteiger partial charge is 0.306 e. The number of allylic oxidation sites excluding steroid dienone is 12. The largest absolute Gasteiger partial charge is 0.462 e. The molecule has 0 rings (SSSR count). The first-order chi connectivity index (χ1) is 40.0. The van der Waals surface area contributed by atoms with Gasteiger partial charge >= 0.3 is 17.9 Å². The van der Waals surface area contributed by atoms with Gasteiger partial charge in [0, 0.05) is 19.3 Å². The molecular weight excluding hydrogens is 997 g/mol. The van der Waals surface area contributed by atoms with E-state index in [1.54, 1.807) is 0 Å². The van der Waals surface area contributed by atoms with Gasteiger partial charge in [-0.15, -0.1) is 0 Å². The average molecular weight is 1130 g/mol. The molecule has 0 N–H and O–H groups in total. The van der Waals surface area contributed by atoms with Crippen LogP contribution in [0.1, 0.15) is 367 Å². The lowest BCUT2D eigenvalue weighted by Gasteiger charge is -2.18. The van der Waals surface area contributed by atoms with Crippen LogP contribution in [0.2, 0.25) is 0 Å². The molecule has 0 saturated carbocycles. The first-order valence-corrected chi connectivity index (χ1v) is 35.4. The van der Waals surface area contributed by atoms with Gasteiger partial charge in [-0.3, -0.25) is 14.4 Å². The molecule has 0 heterocycles. The van der Waals surface area contributed by atoms with E-state index < -0.39 is 6.10 Å². The molecule has 0 aliphatic carbocycles. The van der Waals surface area contributed by atoms with E-state index in [4.69, 9.17) is 14.2 Å². The van der Waals surface area contributed by atoms with E-state index in [1.165, 1.54) is 238 Å². The maximum atomic E-state index is 12.9. The number of esters is 3. The highest BCUT2D eigenvalue weighted by Crippen LogP contribution is 2.18. The molecular formula is C75H134O6. The van der Waals surface area contributed by atoms with Gasteiger partial charge in [-0.2, -0.15) is 0 Å². The molecule has 470 valence electrons.